The van der Waals surface area contributed by atoms with E-state index < -0.39 is 10.0 Å². The van der Waals surface area contributed by atoms with E-state index in [4.69, 9.17) is 10.5 Å². The molecule has 0 rings (SSSR count). The highest BCUT2D eigenvalue weighted by Gasteiger charge is 2.20. The first-order valence-electron chi connectivity index (χ1n) is 4.77. The summed E-state index contributed by atoms with van der Waals surface area (Å²) < 4.78 is 29.8. The molecule has 0 saturated heterocycles. The maximum atomic E-state index is 11.7. The van der Waals surface area contributed by atoms with E-state index in [1.807, 2.05) is 6.92 Å². The molecule has 0 radical (unpaired) electrons. The van der Waals surface area contributed by atoms with Crippen LogP contribution in [-0.4, -0.2) is 49.8 Å². The molecule has 0 aromatic heterocycles. The van der Waals surface area contributed by atoms with Gasteiger partial charge >= 0.3 is 0 Å². The molecule has 90 valence electrons. The van der Waals surface area contributed by atoms with Crippen LogP contribution in [0.15, 0.2) is 0 Å². The van der Waals surface area contributed by atoms with Crippen molar-refractivity contribution in [1.82, 2.24) is 4.31 Å². The lowest BCUT2D eigenvalue weighted by molar-refractivity contribution is 0.135. The van der Waals surface area contributed by atoms with Crippen molar-refractivity contribution < 1.29 is 13.2 Å². The van der Waals surface area contributed by atoms with Gasteiger partial charge in [-0.2, -0.15) is 4.31 Å². The third-order valence-electron chi connectivity index (χ3n) is 1.76. The van der Waals surface area contributed by atoms with Crippen molar-refractivity contribution in [3.8, 4) is 0 Å². The Labute approximate surface area is 96.6 Å². The van der Waals surface area contributed by atoms with Gasteiger partial charge in [0.25, 0.3) is 0 Å². The van der Waals surface area contributed by atoms with Crippen LogP contribution in [0.5, 0.6) is 0 Å². The minimum atomic E-state index is -3.37. The minimum Gasteiger partial charge on any atom is -0.392 e. The Morgan fingerprint density at radius 1 is 1.47 bits per heavy atom. The SMILES string of the molecule is CCOCCN(CC)S(=O)(=O)CC(N)=S. The van der Waals surface area contributed by atoms with Crippen molar-refractivity contribution in [2.45, 2.75) is 13.8 Å². The highest BCUT2D eigenvalue weighted by Crippen LogP contribution is 2.01. The van der Waals surface area contributed by atoms with Crippen molar-refractivity contribution in [3.05, 3.63) is 0 Å². The first-order valence-corrected chi connectivity index (χ1v) is 6.79. The summed E-state index contributed by atoms with van der Waals surface area (Å²) in [4.78, 5) is -0.00939. The normalized spacial score (nSPS) is 11.9. The number of sulfonamides is 1. The van der Waals surface area contributed by atoms with E-state index in [1.165, 1.54) is 4.31 Å². The highest BCUT2D eigenvalue weighted by molar-refractivity contribution is 7.92. The Morgan fingerprint density at radius 2 is 2.07 bits per heavy atom. The Kier molecular flexibility index (Phi) is 6.99. The number of thiocarbonyl (C=S) groups is 1. The van der Waals surface area contributed by atoms with Crippen LogP contribution in [0.2, 0.25) is 0 Å². The summed E-state index contributed by atoms with van der Waals surface area (Å²) in [5.74, 6) is -0.275. The van der Waals surface area contributed by atoms with Crippen molar-refractivity contribution in [3.63, 3.8) is 0 Å². The number of hydrogen-bond acceptors (Lipinski definition) is 4. The fourth-order valence-electron chi connectivity index (χ4n) is 1.08. The molecule has 0 bridgehead atoms. The molecule has 0 heterocycles. The molecule has 2 N–H and O–H groups in total. The average molecular weight is 254 g/mol. The molecule has 0 saturated carbocycles. The second kappa shape index (κ2) is 7.10. The second-order valence-corrected chi connectivity index (χ2v) is 5.40. The van der Waals surface area contributed by atoms with E-state index in [1.54, 1.807) is 6.92 Å². The third-order valence-corrected chi connectivity index (χ3v) is 3.99. The Bertz CT molecular complexity index is 290. The van der Waals surface area contributed by atoms with Crippen LogP contribution in [0.1, 0.15) is 13.8 Å². The second-order valence-electron chi connectivity index (χ2n) is 2.91. The molecule has 0 atom stereocenters. The predicted octanol–water partition coefficient (Wildman–Crippen LogP) is -0.0393. The van der Waals surface area contributed by atoms with Gasteiger partial charge in [-0.3, -0.25) is 0 Å². The standard InChI is InChI=1S/C8H18N2O3S2/c1-3-10(5-6-13-4-2)15(11,12)7-8(9)14/h3-7H2,1-2H3,(H2,9,14). The van der Waals surface area contributed by atoms with Crippen LogP contribution >= 0.6 is 12.2 Å². The lowest BCUT2D eigenvalue weighted by Crippen LogP contribution is -2.38. The zero-order valence-corrected chi connectivity index (χ0v) is 10.7. The van der Waals surface area contributed by atoms with E-state index in [9.17, 15) is 8.42 Å². The molecular weight excluding hydrogens is 236 g/mol. The van der Waals surface area contributed by atoms with Gasteiger partial charge in [-0.25, -0.2) is 8.42 Å². The number of hydrogen-bond donors (Lipinski definition) is 1. The molecule has 0 amide bonds. The summed E-state index contributed by atoms with van der Waals surface area (Å²) >= 11 is 4.59. The number of ether oxygens (including phenoxy) is 1. The molecule has 0 aliphatic heterocycles. The molecule has 5 nitrogen and oxygen atoms in total. The van der Waals surface area contributed by atoms with Crippen LogP contribution < -0.4 is 5.73 Å². The Morgan fingerprint density at radius 3 is 2.47 bits per heavy atom. The monoisotopic (exact) mass is 254 g/mol. The van der Waals surface area contributed by atoms with E-state index in [0.29, 0.717) is 26.3 Å². The van der Waals surface area contributed by atoms with Gasteiger partial charge in [0.2, 0.25) is 10.0 Å². The van der Waals surface area contributed by atoms with Crippen molar-refractivity contribution in [2.75, 3.05) is 32.1 Å². The van der Waals surface area contributed by atoms with Gasteiger partial charge in [-0.05, 0) is 6.92 Å². The van der Waals surface area contributed by atoms with Crippen LogP contribution in [0, 0.1) is 0 Å². The molecule has 0 unspecified atom stereocenters. The Balaban J connectivity index is 4.31. The minimum absolute atomic E-state index is 0.00939. The summed E-state index contributed by atoms with van der Waals surface area (Å²) in [7, 11) is -3.37. The fourth-order valence-corrected chi connectivity index (χ4v) is 2.81. The largest absolute Gasteiger partial charge is 0.392 e. The molecule has 0 aromatic carbocycles. The van der Waals surface area contributed by atoms with E-state index in [0.717, 1.165) is 0 Å². The maximum Gasteiger partial charge on any atom is 0.220 e. The lowest BCUT2D eigenvalue weighted by atomic mass is 10.6. The summed E-state index contributed by atoms with van der Waals surface area (Å²) in [6.07, 6.45) is 0. The first kappa shape index (κ1) is 14.8. The van der Waals surface area contributed by atoms with Crippen LogP contribution in [-0.2, 0) is 14.8 Å². The van der Waals surface area contributed by atoms with Crippen molar-refractivity contribution >= 4 is 27.2 Å². The highest BCUT2D eigenvalue weighted by atomic mass is 32.2. The molecule has 15 heavy (non-hydrogen) atoms. The molecule has 0 aliphatic rings. The van der Waals surface area contributed by atoms with E-state index in [2.05, 4.69) is 12.2 Å². The number of rotatable bonds is 8. The number of nitrogens with two attached hydrogens (primary N) is 1. The topological polar surface area (TPSA) is 72.6 Å². The predicted molar refractivity (Wildman–Crippen MR) is 64.3 cm³/mol. The van der Waals surface area contributed by atoms with Crippen LogP contribution in [0.3, 0.4) is 0 Å². The lowest BCUT2D eigenvalue weighted by Gasteiger charge is -2.19. The molecule has 0 fully saturated rings. The first-order chi connectivity index (χ1) is 6.94. The zero-order valence-electron chi connectivity index (χ0n) is 9.10. The van der Waals surface area contributed by atoms with E-state index in [-0.39, 0.29) is 10.7 Å². The van der Waals surface area contributed by atoms with E-state index >= 15 is 0 Å². The summed E-state index contributed by atoms with van der Waals surface area (Å²) in [6, 6.07) is 0. The average Bonchev–Trinajstić information content (AvgIpc) is 2.09. The van der Waals surface area contributed by atoms with Gasteiger partial charge in [0.05, 0.1) is 11.6 Å². The van der Waals surface area contributed by atoms with Crippen molar-refractivity contribution in [2.24, 2.45) is 5.73 Å². The van der Waals surface area contributed by atoms with Crippen molar-refractivity contribution in [1.29, 1.82) is 0 Å². The number of nitrogens with zero attached hydrogens (tertiary/aromatic N) is 1. The van der Waals surface area contributed by atoms with Crippen LogP contribution in [0.4, 0.5) is 0 Å². The zero-order chi connectivity index (χ0) is 11.9. The summed E-state index contributed by atoms with van der Waals surface area (Å²) in [6.45, 7) is 5.34. The van der Waals surface area contributed by atoms with Gasteiger partial charge in [0, 0.05) is 19.7 Å². The molecule has 0 aromatic rings. The summed E-state index contributed by atoms with van der Waals surface area (Å²) in [5, 5.41) is 0. The molecule has 0 spiro atoms. The van der Waals surface area contributed by atoms with Gasteiger partial charge in [-0.15, -0.1) is 0 Å². The fraction of sp³-hybridized carbons (Fsp3) is 0.875. The third kappa shape index (κ3) is 6.03. The Hall–Kier alpha value is -0.240. The van der Waals surface area contributed by atoms with Crippen LogP contribution in [0.25, 0.3) is 0 Å². The molecule has 0 aliphatic carbocycles. The van der Waals surface area contributed by atoms with Gasteiger partial charge in [0.1, 0.15) is 5.75 Å². The summed E-state index contributed by atoms with van der Waals surface area (Å²) in [5.41, 5.74) is 5.22. The van der Waals surface area contributed by atoms with Gasteiger partial charge in [-0.1, -0.05) is 19.1 Å². The molecule has 7 heteroatoms. The van der Waals surface area contributed by atoms with Gasteiger partial charge in [0.15, 0.2) is 0 Å². The number of likely N-dealkylation sites (N-methyl/N-ethyl adjacent to an activating group) is 1. The quantitative estimate of drug-likeness (QED) is 0.486. The smallest absolute Gasteiger partial charge is 0.220 e. The molecular formula is C8H18N2O3S2. The maximum absolute atomic E-state index is 11.7. The van der Waals surface area contributed by atoms with Gasteiger partial charge < -0.3 is 10.5 Å².